The molecule has 13 heteroatoms. The van der Waals surface area contributed by atoms with Crippen LogP contribution in [-0.4, -0.2) is 63.4 Å². The van der Waals surface area contributed by atoms with Crippen LogP contribution in [0.3, 0.4) is 0 Å². The van der Waals surface area contributed by atoms with E-state index >= 15 is 0 Å². The zero-order valence-electron chi connectivity index (χ0n) is 18.7. The Morgan fingerprint density at radius 2 is 1.89 bits per heavy atom. The van der Waals surface area contributed by atoms with E-state index in [1.165, 1.54) is 27.8 Å². The fourth-order valence-electron chi connectivity index (χ4n) is 4.04. The van der Waals surface area contributed by atoms with Crippen LogP contribution in [0.25, 0.3) is 0 Å². The van der Waals surface area contributed by atoms with Crippen molar-refractivity contribution in [2.45, 2.75) is 30.6 Å². The van der Waals surface area contributed by atoms with Crippen molar-refractivity contribution in [3.63, 3.8) is 0 Å². The Hall–Kier alpha value is -2.51. The number of nitrogens with one attached hydrogen (secondary N) is 1. The number of hydrogen-bond donors (Lipinski definition) is 2. The number of amides is 2. The molecule has 2 aliphatic rings. The molecule has 0 unspecified atom stereocenters. The highest BCUT2D eigenvalue weighted by molar-refractivity contribution is 7.89. The molecule has 1 fully saturated rings. The van der Waals surface area contributed by atoms with Crippen molar-refractivity contribution < 1.29 is 32.3 Å². The summed E-state index contributed by atoms with van der Waals surface area (Å²) in [6, 6.07) is 3.73. The highest BCUT2D eigenvalue weighted by Crippen LogP contribution is 2.37. The van der Waals surface area contributed by atoms with Gasteiger partial charge in [-0.3, -0.25) is 9.59 Å². The molecule has 2 amide bonds. The third-order valence-electron chi connectivity index (χ3n) is 5.77. The summed E-state index contributed by atoms with van der Waals surface area (Å²) in [6.07, 6.45) is 3.47. The number of primary amides is 1. The first-order valence-corrected chi connectivity index (χ1v) is 13.6. The van der Waals surface area contributed by atoms with E-state index in [1.54, 1.807) is 0 Å². The number of esters is 1. The van der Waals surface area contributed by atoms with Crippen molar-refractivity contribution in [3.8, 4) is 0 Å². The highest BCUT2D eigenvalue weighted by atomic mass is 35.5. The van der Waals surface area contributed by atoms with Gasteiger partial charge in [0, 0.05) is 18.0 Å². The number of benzene rings is 1. The summed E-state index contributed by atoms with van der Waals surface area (Å²) < 4.78 is 37.3. The van der Waals surface area contributed by atoms with Gasteiger partial charge >= 0.3 is 5.97 Å². The molecule has 10 nitrogen and oxygen atoms in total. The van der Waals surface area contributed by atoms with Crippen LogP contribution in [0.1, 0.15) is 44.0 Å². The van der Waals surface area contributed by atoms with Gasteiger partial charge in [-0.25, -0.2) is 13.2 Å². The van der Waals surface area contributed by atoms with E-state index in [0.29, 0.717) is 10.6 Å². The number of morpholine rings is 1. The van der Waals surface area contributed by atoms with Crippen LogP contribution in [-0.2, 0) is 37.1 Å². The number of nitrogens with zero attached hydrogens (tertiary/aromatic N) is 1. The van der Waals surface area contributed by atoms with Gasteiger partial charge in [0.05, 0.1) is 34.3 Å². The van der Waals surface area contributed by atoms with Crippen LogP contribution >= 0.6 is 22.9 Å². The molecule has 0 atom stereocenters. The first-order chi connectivity index (χ1) is 16.7. The van der Waals surface area contributed by atoms with Crippen molar-refractivity contribution in [1.82, 2.24) is 4.31 Å². The maximum absolute atomic E-state index is 12.9. The molecule has 1 saturated heterocycles. The second-order valence-corrected chi connectivity index (χ2v) is 11.5. The Kier molecular flexibility index (Phi) is 7.77. The van der Waals surface area contributed by atoms with Crippen molar-refractivity contribution in [2.75, 3.05) is 38.2 Å². The van der Waals surface area contributed by atoms with E-state index in [-0.39, 0.29) is 41.8 Å². The van der Waals surface area contributed by atoms with Crippen LogP contribution in [0.4, 0.5) is 5.00 Å². The number of halogens is 1. The number of aryl methyl sites for hydroxylation is 1. The van der Waals surface area contributed by atoms with Gasteiger partial charge in [-0.1, -0.05) is 11.6 Å². The van der Waals surface area contributed by atoms with E-state index in [2.05, 4.69) is 5.32 Å². The van der Waals surface area contributed by atoms with Crippen molar-refractivity contribution >= 4 is 55.7 Å². The van der Waals surface area contributed by atoms with Crippen LogP contribution < -0.4 is 11.1 Å². The third kappa shape index (κ3) is 5.51. The zero-order chi connectivity index (χ0) is 25.2. The second-order valence-electron chi connectivity index (χ2n) is 8.06. The number of carbonyl (C=O) groups excluding carboxylic acids is 3. The lowest BCUT2D eigenvalue weighted by molar-refractivity contribution is -0.119. The predicted molar refractivity (Wildman–Crippen MR) is 129 cm³/mol. The quantitative estimate of drug-likeness (QED) is 0.511. The van der Waals surface area contributed by atoms with Gasteiger partial charge in [0.1, 0.15) is 5.00 Å². The fourth-order valence-corrected chi connectivity index (χ4v) is 6.98. The lowest BCUT2D eigenvalue weighted by Gasteiger charge is -2.26. The summed E-state index contributed by atoms with van der Waals surface area (Å²) in [4.78, 5) is 38.0. The topological polar surface area (TPSA) is 145 Å². The predicted octanol–water partition coefficient (Wildman–Crippen LogP) is 2.20. The Bertz CT molecular complexity index is 1270. The minimum absolute atomic E-state index is 0.0155. The number of nitrogens with two attached hydrogens (primary N) is 1. The fraction of sp³-hybridized carbons (Fsp3) is 0.409. The first kappa shape index (κ1) is 25.6. The number of hydrogen-bond acceptors (Lipinski definition) is 8. The van der Waals surface area contributed by atoms with E-state index < -0.39 is 34.4 Å². The van der Waals surface area contributed by atoms with Gasteiger partial charge < -0.3 is 20.5 Å². The molecule has 0 saturated carbocycles. The minimum Gasteiger partial charge on any atom is -0.452 e. The molecule has 0 spiro atoms. The molecule has 4 rings (SSSR count). The lowest BCUT2D eigenvalue weighted by atomic mass is 9.95. The van der Waals surface area contributed by atoms with E-state index in [4.69, 9.17) is 26.8 Å². The van der Waals surface area contributed by atoms with Crippen molar-refractivity contribution in [3.05, 3.63) is 44.8 Å². The van der Waals surface area contributed by atoms with Gasteiger partial charge in [-0.2, -0.15) is 4.31 Å². The molecule has 0 radical (unpaired) electrons. The SMILES string of the molecule is NC(=O)c1c(NC(=O)COC(=O)c2cc(S(=O)(=O)N3CCOCC3)ccc2Cl)sc2c1CCCC2. The number of carbonyl (C=O) groups is 3. The average molecular weight is 542 g/mol. The van der Waals surface area contributed by atoms with Crippen LogP contribution in [0.15, 0.2) is 23.1 Å². The molecule has 3 N–H and O–H groups in total. The van der Waals surface area contributed by atoms with Crippen LogP contribution in [0.2, 0.25) is 5.02 Å². The summed E-state index contributed by atoms with van der Waals surface area (Å²) in [6.45, 7) is 0.300. The Morgan fingerprint density at radius 3 is 2.60 bits per heavy atom. The molecule has 1 aliphatic heterocycles. The molecule has 1 aromatic carbocycles. The first-order valence-electron chi connectivity index (χ1n) is 11.0. The van der Waals surface area contributed by atoms with Crippen LogP contribution in [0.5, 0.6) is 0 Å². The van der Waals surface area contributed by atoms with Gasteiger partial charge in [0.15, 0.2) is 6.61 Å². The third-order valence-corrected chi connectivity index (χ3v) is 9.20. The van der Waals surface area contributed by atoms with Crippen LogP contribution in [0, 0.1) is 0 Å². The molecule has 188 valence electrons. The van der Waals surface area contributed by atoms with E-state index in [9.17, 15) is 22.8 Å². The van der Waals surface area contributed by atoms with Gasteiger partial charge in [-0.05, 0) is 49.4 Å². The van der Waals surface area contributed by atoms with Gasteiger partial charge in [0.2, 0.25) is 10.0 Å². The maximum Gasteiger partial charge on any atom is 0.340 e. The van der Waals surface area contributed by atoms with E-state index in [1.807, 2.05) is 0 Å². The zero-order valence-corrected chi connectivity index (χ0v) is 21.1. The molecule has 35 heavy (non-hydrogen) atoms. The molecule has 1 aliphatic carbocycles. The summed E-state index contributed by atoms with van der Waals surface area (Å²) in [5.41, 5.74) is 6.52. The molecular formula is C22H24ClN3O7S2. The minimum atomic E-state index is -3.86. The summed E-state index contributed by atoms with van der Waals surface area (Å²) in [5, 5.41) is 2.92. The Morgan fingerprint density at radius 1 is 1.17 bits per heavy atom. The number of thiophene rings is 1. The van der Waals surface area contributed by atoms with Gasteiger partial charge in [-0.15, -0.1) is 11.3 Å². The number of ether oxygens (including phenoxy) is 2. The average Bonchev–Trinajstić information content (AvgIpc) is 3.21. The number of fused-ring (bicyclic) bond motifs is 1. The van der Waals surface area contributed by atoms with E-state index in [0.717, 1.165) is 42.2 Å². The van der Waals surface area contributed by atoms with Crippen molar-refractivity contribution in [1.29, 1.82) is 0 Å². The number of anilines is 1. The Balaban J connectivity index is 1.44. The monoisotopic (exact) mass is 541 g/mol. The lowest BCUT2D eigenvalue weighted by Crippen LogP contribution is -2.40. The highest BCUT2D eigenvalue weighted by Gasteiger charge is 2.29. The Labute approximate surface area is 211 Å². The second kappa shape index (κ2) is 10.6. The number of sulfonamides is 1. The summed E-state index contributed by atoms with van der Waals surface area (Å²) in [5.74, 6) is -2.24. The molecular weight excluding hydrogens is 518 g/mol. The smallest absolute Gasteiger partial charge is 0.340 e. The van der Waals surface area contributed by atoms with Gasteiger partial charge in [0.25, 0.3) is 11.8 Å². The summed E-state index contributed by atoms with van der Waals surface area (Å²) in [7, 11) is -3.86. The summed E-state index contributed by atoms with van der Waals surface area (Å²) >= 11 is 7.40. The molecule has 2 aromatic rings. The normalized spacial score (nSPS) is 16.4. The standard InChI is InChI=1S/C22H24ClN3O7S2/c23-16-6-5-13(35(30,31)26-7-9-32-10-8-26)11-15(16)22(29)33-12-18(27)25-21-19(20(24)28)14-3-1-2-4-17(14)34-21/h5-6,11H,1-4,7-10,12H2,(H2,24,28)(H,25,27). The molecule has 1 aromatic heterocycles. The largest absolute Gasteiger partial charge is 0.452 e. The van der Waals surface area contributed by atoms with Crippen molar-refractivity contribution in [2.24, 2.45) is 5.73 Å². The molecule has 0 bridgehead atoms. The maximum atomic E-state index is 12.9. The number of rotatable bonds is 7. The molecule has 2 heterocycles.